The molecule has 4 unspecified atom stereocenters. The smallest absolute Gasteiger partial charge is 0.387 e. The number of aromatic nitrogens is 12. The van der Waals surface area contributed by atoms with Gasteiger partial charge in [-0.15, -0.1) is 13.2 Å². The van der Waals surface area contributed by atoms with E-state index in [0.717, 1.165) is 35.2 Å². The fourth-order valence-corrected chi connectivity index (χ4v) is 13.5. The Morgan fingerprint density at radius 3 is 1.98 bits per heavy atom. The summed E-state index contributed by atoms with van der Waals surface area (Å²) in [5.41, 5.74) is 15.1. The molecule has 9 heterocycles. The summed E-state index contributed by atoms with van der Waals surface area (Å²) in [5, 5.41) is 33.1. The molecule has 3 saturated heterocycles. The molecule has 9 rings (SSSR count). The predicted molar refractivity (Wildman–Crippen MR) is 253 cm³/mol. The molecule has 39 nitrogen and oxygen atoms in total. The average Bonchev–Trinajstić information content (AvgIpc) is 3.33. The highest BCUT2D eigenvalue weighted by Gasteiger charge is 2.54. The van der Waals surface area contributed by atoms with Crippen molar-refractivity contribution >= 4 is 82.5 Å². The Labute approximate surface area is 446 Å². The fourth-order valence-electron chi connectivity index (χ4n) is 9.04. The maximum absolute atomic E-state index is 13.7. The average molecular weight is 1240 g/mol. The normalized spacial score (nSPS) is 29.3. The number of ether oxygens (including phenoxy) is 5. The molecule has 46 heteroatoms. The molecule has 0 radical (unpaired) electrons. The zero-order chi connectivity index (χ0) is 58.9. The molecular weight excluding hydrogens is 1200 g/mol. The third-order valence-corrected chi connectivity index (χ3v) is 17.7. The summed E-state index contributed by atoms with van der Waals surface area (Å²) < 4.78 is 152. The second kappa shape index (κ2) is 22.7. The first kappa shape index (κ1) is 60.2. The monoisotopic (exact) mass is 1240 g/mol. The Morgan fingerprint density at radius 1 is 0.716 bits per heavy atom. The van der Waals surface area contributed by atoms with Gasteiger partial charge in [0.2, 0.25) is 17.7 Å². The number of aryl methyl sites for hydroxylation is 1. The number of aromatic amines is 2. The number of phosphoric ester groups is 3. The molecule has 0 spiro atoms. The van der Waals surface area contributed by atoms with Gasteiger partial charge in [-0.2, -0.15) is 13.6 Å². The lowest BCUT2D eigenvalue weighted by molar-refractivity contribution is -0.745. The van der Waals surface area contributed by atoms with Gasteiger partial charge >= 0.3 is 43.3 Å². The van der Waals surface area contributed by atoms with Crippen LogP contribution in [0.2, 0.25) is 0 Å². The maximum atomic E-state index is 13.7. The number of anilines is 3. The number of H-pyrrole nitrogens is 2. The van der Waals surface area contributed by atoms with Crippen LogP contribution >= 0.6 is 31.3 Å². The third-order valence-electron chi connectivity index (χ3n) is 12.5. The number of nitrogens with two attached hydrogens (primary N) is 3. The Bertz CT molecular complexity index is 3650. The van der Waals surface area contributed by atoms with Crippen molar-refractivity contribution in [2.24, 2.45) is 13.0 Å². The highest BCUT2D eigenvalue weighted by Crippen LogP contribution is 2.68. The van der Waals surface area contributed by atoms with E-state index in [9.17, 15) is 75.9 Å². The van der Waals surface area contributed by atoms with E-state index in [1.165, 1.54) is 22.5 Å². The van der Waals surface area contributed by atoms with Crippen molar-refractivity contribution in [3.8, 4) is 0 Å². The molecule has 446 valence electrons. The number of phosphoric acid groups is 4. The number of hydrogen-bond acceptors (Lipinski definition) is 29. The number of hydrogen-bond donors (Lipinski definition) is 12. The number of nitrogen functional groups attached to an aromatic ring is 3. The Kier molecular flexibility index (Phi) is 16.9. The molecule has 15 N–H and O–H groups in total. The Morgan fingerprint density at radius 2 is 1.31 bits per heavy atom. The first-order valence-corrected chi connectivity index (χ1v) is 28.8. The number of halogens is 3. The molecule has 16 atom stereocenters. The van der Waals surface area contributed by atoms with Gasteiger partial charge in [0, 0.05) is 13.0 Å². The standard InChI is InChI=1S/C35H46F3N15O24P4/c1-50-11-53(27-18(50)29(58)49-34(41)47-27)30-19(54)12(3-4-68-35(36,37)38)13(72-30)5-70-79(61,62)76-81(65,66)77-80(63,64)71-7-15-22(23(67-2)32(74-15)51-9-44-16-24(39)42-8-43-25(16)51)75-78(59,60)69-6-14-20(55)21(56)31(73-14)52-10-45-17-26(52)46-33(40)48-28(17)57/h8-15,19-23,30-32,54-56H,3-7H2,1-2H3,(H11-,39,40,41,42,43,46,47,48,49,57,58,59,60,61,62,63,64,65,66)/p+1/t12-,13-,14-,15-,19-,20-,21-,22-,23-,30-,31-,32-/m1/s1. The molecule has 3 aliphatic heterocycles. The van der Waals surface area contributed by atoms with E-state index in [2.05, 4.69) is 53.2 Å². The molecule has 0 saturated carbocycles. The van der Waals surface area contributed by atoms with E-state index < -0.39 is 155 Å². The van der Waals surface area contributed by atoms with Crippen molar-refractivity contribution in [2.45, 2.75) is 80.3 Å². The third kappa shape index (κ3) is 12.9. The predicted octanol–water partition coefficient (Wildman–Crippen LogP) is -2.53. The SMILES string of the molecule is CO[C@@H]1[C@H](OP(=O)(O)OC[C@H]2O[C@@H](n3cnc4c(=O)[nH]c(N)nc43)[C@H](O)[C@@H]2O)[C@@H](COP(=O)(O)OP(=O)(O)OP(=O)(O)OC[C@H]2O[C@@H]([n+]3cn(C)c4c(=O)[nH]c(N)nc43)[C@H](O)[C@@H]2CCOC(F)(F)F)O[C@H]1n1cnc2c(N)ncnc21. The lowest BCUT2D eigenvalue weighted by atomic mass is 9.95. The number of imidazole rings is 3. The van der Waals surface area contributed by atoms with Crippen LogP contribution in [0.15, 0.2) is 34.9 Å². The van der Waals surface area contributed by atoms with E-state index in [-0.39, 0.29) is 51.2 Å². The van der Waals surface area contributed by atoms with Crippen molar-refractivity contribution in [3.63, 3.8) is 0 Å². The number of nitrogens with zero attached hydrogens (tertiary/aromatic N) is 10. The van der Waals surface area contributed by atoms with Gasteiger partial charge in [-0.1, -0.05) is 4.98 Å². The summed E-state index contributed by atoms with van der Waals surface area (Å²) >= 11 is 0. The van der Waals surface area contributed by atoms with Crippen LogP contribution in [0.1, 0.15) is 25.1 Å². The second-order valence-corrected chi connectivity index (χ2v) is 23.8. The lowest BCUT2D eigenvalue weighted by Crippen LogP contribution is -2.45. The molecule has 0 bridgehead atoms. The quantitative estimate of drug-likeness (QED) is 0.0246. The van der Waals surface area contributed by atoms with Gasteiger partial charge in [0.25, 0.3) is 17.1 Å². The van der Waals surface area contributed by atoms with Crippen LogP contribution in [0.5, 0.6) is 0 Å². The molecule has 3 aliphatic rings. The number of aliphatic hydroxyl groups excluding tert-OH is 3. The van der Waals surface area contributed by atoms with Gasteiger partial charge in [0.1, 0.15) is 54.6 Å². The fraction of sp³-hybridized carbons (Fsp3) is 0.571. The van der Waals surface area contributed by atoms with Crippen molar-refractivity contribution in [3.05, 3.63) is 46.0 Å². The molecule has 0 aromatic carbocycles. The zero-order valence-electron chi connectivity index (χ0n) is 41.0. The molecule has 6 aromatic rings. The summed E-state index contributed by atoms with van der Waals surface area (Å²) in [6, 6.07) is 0. The summed E-state index contributed by atoms with van der Waals surface area (Å²) in [7, 11) is -21.4. The molecule has 0 amide bonds. The van der Waals surface area contributed by atoms with Crippen LogP contribution in [0.4, 0.5) is 30.9 Å². The summed E-state index contributed by atoms with van der Waals surface area (Å²) in [5.74, 6) is -2.30. The van der Waals surface area contributed by atoms with Gasteiger partial charge in [0.05, 0.1) is 52.2 Å². The van der Waals surface area contributed by atoms with E-state index in [0.29, 0.717) is 0 Å². The van der Waals surface area contributed by atoms with Gasteiger partial charge in [0.15, 0.2) is 41.4 Å². The van der Waals surface area contributed by atoms with Crippen LogP contribution in [-0.4, -0.2) is 177 Å². The molecule has 6 aromatic heterocycles. The van der Waals surface area contributed by atoms with Gasteiger partial charge < -0.3 is 71.0 Å². The largest absolute Gasteiger partial charge is 0.522 e. The lowest BCUT2D eigenvalue weighted by Gasteiger charge is -2.26. The van der Waals surface area contributed by atoms with Gasteiger partial charge in [-0.3, -0.25) is 56.1 Å². The van der Waals surface area contributed by atoms with E-state index in [1.54, 1.807) is 0 Å². The number of fused-ring (bicyclic) bond motifs is 3. The minimum Gasteiger partial charge on any atom is -0.387 e. The minimum atomic E-state index is -6.32. The number of rotatable bonds is 22. The Balaban J connectivity index is 0.876. The van der Waals surface area contributed by atoms with Crippen molar-refractivity contribution in [1.82, 2.24) is 53.6 Å². The number of alkyl halides is 3. The zero-order valence-corrected chi connectivity index (χ0v) is 44.5. The van der Waals surface area contributed by atoms with E-state index in [4.69, 9.17) is 54.2 Å². The van der Waals surface area contributed by atoms with Crippen LogP contribution in [0, 0.1) is 5.92 Å². The van der Waals surface area contributed by atoms with Crippen molar-refractivity contribution in [2.75, 3.05) is 50.7 Å². The second-order valence-electron chi connectivity index (χ2n) is 17.7. The van der Waals surface area contributed by atoms with Crippen LogP contribution in [0.25, 0.3) is 33.5 Å². The minimum absolute atomic E-state index is 0.0157. The summed E-state index contributed by atoms with van der Waals surface area (Å²) in [4.78, 5) is 96.1. The van der Waals surface area contributed by atoms with Crippen molar-refractivity contribution in [1.29, 1.82) is 0 Å². The van der Waals surface area contributed by atoms with Crippen LogP contribution in [0.3, 0.4) is 0 Å². The number of nitrogens with one attached hydrogen (secondary N) is 2. The maximum Gasteiger partial charge on any atom is 0.522 e. The van der Waals surface area contributed by atoms with Gasteiger partial charge in [-0.25, -0.2) is 42.8 Å². The van der Waals surface area contributed by atoms with E-state index in [1.807, 2.05) is 0 Å². The van der Waals surface area contributed by atoms with Crippen molar-refractivity contribution < 1.29 is 121 Å². The van der Waals surface area contributed by atoms with Crippen LogP contribution in [-0.2, 0) is 75.7 Å². The topological polar surface area (TPSA) is 551 Å². The first-order chi connectivity index (χ1) is 37.8. The molecule has 81 heavy (non-hydrogen) atoms. The van der Waals surface area contributed by atoms with Gasteiger partial charge in [-0.05, 0) is 6.42 Å². The van der Waals surface area contributed by atoms with Crippen LogP contribution < -0.4 is 32.9 Å². The Hall–Kier alpha value is -5.36. The summed E-state index contributed by atoms with van der Waals surface area (Å²) in [6.45, 7) is -4.67. The van der Waals surface area contributed by atoms with E-state index >= 15 is 0 Å². The number of aliphatic hydroxyl groups is 3. The molecule has 3 fully saturated rings. The highest BCUT2D eigenvalue weighted by molar-refractivity contribution is 7.66. The molecular formula is C35H47F3N15O24P4+. The molecule has 0 aliphatic carbocycles. The highest BCUT2D eigenvalue weighted by atomic mass is 31.3. The first-order valence-electron chi connectivity index (χ1n) is 22.9. The number of methoxy groups -OCH3 is 1. The summed E-state index contributed by atoms with van der Waals surface area (Å²) in [6.07, 6.45) is -20.3.